The molecule has 1 N–H and O–H groups in total. The molecular formula is C21H24N4O3S3. The Morgan fingerprint density at radius 1 is 1.26 bits per heavy atom. The van der Waals surface area contributed by atoms with Gasteiger partial charge in [0.05, 0.1) is 22.8 Å². The highest BCUT2D eigenvalue weighted by molar-refractivity contribution is 7.99. The fourth-order valence-electron chi connectivity index (χ4n) is 3.63. The van der Waals surface area contributed by atoms with Crippen molar-refractivity contribution in [3.63, 3.8) is 0 Å². The van der Waals surface area contributed by atoms with E-state index < -0.39 is 0 Å². The van der Waals surface area contributed by atoms with Gasteiger partial charge in [-0.15, -0.1) is 32.9 Å². The van der Waals surface area contributed by atoms with E-state index >= 15 is 0 Å². The Morgan fingerprint density at radius 3 is 2.84 bits per heavy atom. The van der Waals surface area contributed by atoms with Crippen molar-refractivity contribution >= 4 is 51.3 Å². The molecule has 1 aliphatic rings. The van der Waals surface area contributed by atoms with Crippen molar-refractivity contribution in [3.05, 3.63) is 33.5 Å². The number of rotatable bonds is 8. The monoisotopic (exact) mass is 476 g/mol. The number of anilines is 1. The molecule has 0 spiro atoms. The number of nitrogens with zero attached hydrogens (tertiary/aromatic N) is 3. The largest absolute Gasteiger partial charge is 0.462 e. The zero-order valence-corrected chi connectivity index (χ0v) is 19.9. The topological polar surface area (TPSA) is 86.1 Å². The molecular weight excluding hydrogens is 452 g/mol. The highest BCUT2D eigenvalue weighted by atomic mass is 32.2. The van der Waals surface area contributed by atoms with E-state index in [0.717, 1.165) is 48.5 Å². The SMILES string of the molecule is CCOC(=O)c1c(NC(=O)CSc2nnc(-c3cccs3)n2CC)sc2c1CCCC2. The molecule has 3 aromatic heterocycles. The minimum atomic E-state index is -0.351. The van der Waals surface area contributed by atoms with E-state index in [1.54, 1.807) is 18.3 Å². The molecule has 0 saturated carbocycles. The summed E-state index contributed by atoms with van der Waals surface area (Å²) >= 11 is 4.46. The summed E-state index contributed by atoms with van der Waals surface area (Å²) in [5, 5.41) is 14.8. The number of nitrogens with one attached hydrogen (secondary N) is 1. The molecule has 0 saturated heterocycles. The number of carbonyl (C=O) groups is 2. The normalized spacial score (nSPS) is 13.1. The fourth-order valence-corrected chi connectivity index (χ4v) is 6.45. The molecule has 0 unspecified atom stereocenters. The Hall–Kier alpha value is -2.17. The third-order valence-corrected chi connectivity index (χ3v) is 8.05. The molecule has 0 aromatic carbocycles. The minimum Gasteiger partial charge on any atom is -0.462 e. The van der Waals surface area contributed by atoms with Crippen LogP contribution in [0.2, 0.25) is 0 Å². The van der Waals surface area contributed by atoms with Crippen LogP contribution in [0.15, 0.2) is 22.7 Å². The van der Waals surface area contributed by atoms with Crippen molar-refractivity contribution in [2.45, 2.75) is 51.2 Å². The quantitative estimate of drug-likeness (QED) is 0.369. The zero-order chi connectivity index (χ0) is 21.8. The average molecular weight is 477 g/mol. The summed E-state index contributed by atoms with van der Waals surface area (Å²) in [6.07, 6.45) is 3.97. The molecule has 1 amide bonds. The maximum absolute atomic E-state index is 12.7. The van der Waals surface area contributed by atoms with E-state index in [0.29, 0.717) is 22.3 Å². The zero-order valence-electron chi connectivity index (χ0n) is 17.5. The van der Waals surface area contributed by atoms with E-state index in [-0.39, 0.29) is 17.6 Å². The standard InChI is InChI=1S/C21H24N4O3S3/c1-3-25-18(15-10-7-11-29-15)23-24-21(25)30-12-16(26)22-19-17(20(27)28-4-2)13-8-5-6-9-14(13)31-19/h7,10-11H,3-6,8-9,12H2,1-2H3,(H,22,26). The number of aromatic nitrogens is 3. The molecule has 0 aliphatic heterocycles. The molecule has 164 valence electrons. The molecule has 0 bridgehead atoms. The Kier molecular flexibility index (Phi) is 7.09. The lowest BCUT2D eigenvalue weighted by molar-refractivity contribution is -0.113. The third-order valence-electron chi connectivity index (χ3n) is 5.01. The number of hydrogen-bond acceptors (Lipinski definition) is 8. The van der Waals surface area contributed by atoms with Crippen LogP contribution in [0.4, 0.5) is 5.00 Å². The number of thiophene rings is 2. The second-order valence-corrected chi connectivity index (χ2v) is 10.00. The average Bonchev–Trinajstić information content (AvgIpc) is 3.49. The first-order valence-corrected chi connectivity index (χ1v) is 13.0. The van der Waals surface area contributed by atoms with Gasteiger partial charge < -0.3 is 14.6 Å². The lowest BCUT2D eigenvalue weighted by atomic mass is 9.95. The summed E-state index contributed by atoms with van der Waals surface area (Å²) in [5.41, 5.74) is 1.58. The minimum absolute atomic E-state index is 0.169. The van der Waals surface area contributed by atoms with E-state index in [2.05, 4.69) is 15.5 Å². The van der Waals surface area contributed by atoms with Gasteiger partial charge in [-0.25, -0.2) is 4.79 Å². The van der Waals surface area contributed by atoms with Gasteiger partial charge >= 0.3 is 5.97 Å². The Balaban J connectivity index is 1.48. The first-order chi connectivity index (χ1) is 15.1. The summed E-state index contributed by atoms with van der Waals surface area (Å²) in [4.78, 5) is 27.5. The number of esters is 1. The van der Waals surface area contributed by atoms with E-state index in [1.165, 1.54) is 28.0 Å². The summed E-state index contributed by atoms with van der Waals surface area (Å²) in [7, 11) is 0. The first kappa shape index (κ1) is 22.0. The van der Waals surface area contributed by atoms with Crippen LogP contribution in [0.25, 0.3) is 10.7 Å². The van der Waals surface area contributed by atoms with Gasteiger partial charge in [0.2, 0.25) is 5.91 Å². The maximum atomic E-state index is 12.7. The van der Waals surface area contributed by atoms with Crippen LogP contribution in [-0.2, 0) is 28.9 Å². The molecule has 31 heavy (non-hydrogen) atoms. The molecule has 4 rings (SSSR count). The van der Waals surface area contributed by atoms with E-state index in [9.17, 15) is 9.59 Å². The number of hydrogen-bond donors (Lipinski definition) is 1. The van der Waals surface area contributed by atoms with Crippen molar-refractivity contribution in [2.24, 2.45) is 0 Å². The van der Waals surface area contributed by atoms with Crippen LogP contribution in [0.5, 0.6) is 0 Å². The van der Waals surface area contributed by atoms with Crippen molar-refractivity contribution in [1.82, 2.24) is 14.8 Å². The van der Waals surface area contributed by atoms with E-state index in [1.807, 2.05) is 29.0 Å². The third kappa shape index (κ3) is 4.70. The molecule has 0 atom stereocenters. The number of amides is 1. The van der Waals surface area contributed by atoms with Crippen LogP contribution < -0.4 is 5.32 Å². The summed E-state index contributed by atoms with van der Waals surface area (Å²) in [5.74, 6) is 0.484. The highest BCUT2D eigenvalue weighted by Crippen LogP contribution is 2.38. The van der Waals surface area contributed by atoms with Crippen molar-refractivity contribution in [2.75, 3.05) is 17.7 Å². The van der Waals surface area contributed by atoms with Crippen LogP contribution >= 0.6 is 34.4 Å². The second kappa shape index (κ2) is 9.97. The predicted octanol–water partition coefficient (Wildman–Crippen LogP) is 4.87. The van der Waals surface area contributed by atoms with Gasteiger partial charge in [0, 0.05) is 11.4 Å². The number of aryl methyl sites for hydroxylation is 1. The molecule has 7 nitrogen and oxygen atoms in total. The van der Waals surface area contributed by atoms with Gasteiger partial charge in [0.1, 0.15) is 5.00 Å². The Labute approximate surface area is 193 Å². The predicted molar refractivity (Wildman–Crippen MR) is 125 cm³/mol. The van der Waals surface area contributed by atoms with Gasteiger partial charge in [-0.3, -0.25) is 4.79 Å². The Bertz CT molecular complexity index is 1070. The second-order valence-electron chi connectivity index (χ2n) is 7.00. The van der Waals surface area contributed by atoms with Crippen LogP contribution in [-0.4, -0.2) is 39.0 Å². The van der Waals surface area contributed by atoms with Gasteiger partial charge in [-0.05, 0) is 56.5 Å². The summed E-state index contributed by atoms with van der Waals surface area (Å²) in [6.45, 7) is 4.85. The number of fused-ring (bicyclic) bond motifs is 1. The van der Waals surface area contributed by atoms with Gasteiger partial charge in [0.25, 0.3) is 0 Å². The lowest BCUT2D eigenvalue weighted by Crippen LogP contribution is -2.17. The highest BCUT2D eigenvalue weighted by Gasteiger charge is 2.27. The molecule has 10 heteroatoms. The molecule has 0 fully saturated rings. The van der Waals surface area contributed by atoms with Gasteiger partial charge in [-0.1, -0.05) is 17.8 Å². The van der Waals surface area contributed by atoms with Gasteiger partial charge in [-0.2, -0.15) is 0 Å². The van der Waals surface area contributed by atoms with Crippen LogP contribution in [0.1, 0.15) is 47.5 Å². The van der Waals surface area contributed by atoms with Crippen molar-refractivity contribution < 1.29 is 14.3 Å². The van der Waals surface area contributed by atoms with Crippen molar-refractivity contribution in [1.29, 1.82) is 0 Å². The van der Waals surface area contributed by atoms with Crippen LogP contribution in [0, 0.1) is 0 Å². The molecule has 1 aliphatic carbocycles. The number of thioether (sulfide) groups is 1. The lowest BCUT2D eigenvalue weighted by Gasteiger charge is -2.12. The molecule has 0 radical (unpaired) electrons. The maximum Gasteiger partial charge on any atom is 0.341 e. The fraction of sp³-hybridized carbons (Fsp3) is 0.429. The molecule has 3 aromatic rings. The summed E-state index contributed by atoms with van der Waals surface area (Å²) < 4.78 is 7.27. The van der Waals surface area contributed by atoms with Crippen molar-refractivity contribution in [3.8, 4) is 10.7 Å². The van der Waals surface area contributed by atoms with E-state index in [4.69, 9.17) is 4.74 Å². The number of ether oxygens (including phenoxy) is 1. The Morgan fingerprint density at radius 2 is 2.10 bits per heavy atom. The van der Waals surface area contributed by atoms with Gasteiger partial charge in [0.15, 0.2) is 11.0 Å². The first-order valence-electron chi connectivity index (χ1n) is 10.3. The van der Waals surface area contributed by atoms with Crippen LogP contribution in [0.3, 0.4) is 0 Å². The smallest absolute Gasteiger partial charge is 0.341 e. The summed E-state index contributed by atoms with van der Waals surface area (Å²) in [6, 6.07) is 3.99. The molecule has 3 heterocycles. The number of carbonyl (C=O) groups excluding carboxylic acids is 2.